The molecule has 3 rings (SSSR count). The normalized spacial score (nSPS) is 50.3. The average molecular weight is 290 g/mol. The second-order valence-electron chi connectivity index (χ2n) is 9.38. The van der Waals surface area contributed by atoms with Gasteiger partial charge in [0, 0.05) is 0 Å². The highest BCUT2D eigenvalue weighted by Crippen LogP contribution is 2.65. The highest BCUT2D eigenvalue weighted by molar-refractivity contribution is 5.17. The van der Waals surface area contributed by atoms with Crippen molar-refractivity contribution in [1.82, 2.24) is 0 Å². The Morgan fingerprint density at radius 3 is 2.48 bits per heavy atom. The lowest BCUT2D eigenvalue weighted by Gasteiger charge is -2.53. The van der Waals surface area contributed by atoms with Crippen LogP contribution in [0.3, 0.4) is 0 Å². The molecule has 2 fully saturated rings. The zero-order valence-electron chi connectivity index (χ0n) is 14.7. The molecule has 0 saturated heterocycles. The molecule has 0 heterocycles. The van der Waals surface area contributed by atoms with Gasteiger partial charge in [0.25, 0.3) is 0 Å². The summed E-state index contributed by atoms with van der Waals surface area (Å²) in [6.07, 6.45) is 9.86. The molecular weight excluding hydrogens is 256 g/mol. The molecule has 21 heavy (non-hydrogen) atoms. The van der Waals surface area contributed by atoms with Gasteiger partial charge in [-0.3, -0.25) is 0 Å². The molecule has 0 spiro atoms. The van der Waals surface area contributed by atoms with Gasteiger partial charge in [-0.15, -0.1) is 0 Å². The lowest BCUT2D eigenvalue weighted by molar-refractivity contribution is -0.0407. The first-order chi connectivity index (χ1) is 9.75. The van der Waals surface area contributed by atoms with E-state index in [1.807, 2.05) is 0 Å². The van der Waals surface area contributed by atoms with Crippen LogP contribution < -0.4 is 0 Å². The van der Waals surface area contributed by atoms with E-state index in [-0.39, 0.29) is 6.10 Å². The Balaban J connectivity index is 2.02. The molecule has 1 N–H and O–H groups in total. The number of rotatable bonds is 1. The first-order valence-corrected chi connectivity index (χ1v) is 9.10. The summed E-state index contributed by atoms with van der Waals surface area (Å²) >= 11 is 0. The molecular formula is C20H34O. The minimum atomic E-state index is -0.125. The number of aliphatic hydroxyl groups excluding tert-OH is 1. The minimum absolute atomic E-state index is 0.125. The summed E-state index contributed by atoms with van der Waals surface area (Å²) in [7, 11) is 0. The van der Waals surface area contributed by atoms with E-state index in [1.165, 1.54) is 31.3 Å². The Kier molecular flexibility index (Phi) is 3.80. The van der Waals surface area contributed by atoms with Crippen molar-refractivity contribution in [2.75, 3.05) is 0 Å². The van der Waals surface area contributed by atoms with Gasteiger partial charge in [-0.25, -0.2) is 0 Å². The van der Waals surface area contributed by atoms with Crippen molar-refractivity contribution in [2.45, 2.75) is 79.2 Å². The molecule has 1 heteroatoms. The summed E-state index contributed by atoms with van der Waals surface area (Å²) in [5, 5.41) is 10.4. The van der Waals surface area contributed by atoms with Gasteiger partial charge in [0.2, 0.25) is 0 Å². The summed E-state index contributed by atoms with van der Waals surface area (Å²) in [5.74, 6) is 3.18. The third kappa shape index (κ3) is 2.50. The number of fused-ring (bicyclic) bond motifs is 3. The van der Waals surface area contributed by atoms with Crippen LogP contribution in [0.1, 0.15) is 73.1 Å². The fourth-order valence-electron chi connectivity index (χ4n) is 6.17. The van der Waals surface area contributed by atoms with Gasteiger partial charge in [0.15, 0.2) is 0 Å². The molecule has 0 radical (unpaired) electrons. The standard InChI is InChI=1S/C20H34O/c1-13(2)16-6-7-19(4)8-9-20(5)12-15(21)10-14(3)11-17(20)18(16)19/h11,13,15-18,21H,6-10,12H2,1-5H3/t15-,16-,17+,18+,19+,20-/m0/s1. The fourth-order valence-corrected chi connectivity index (χ4v) is 6.17. The Hall–Kier alpha value is -0.300. The monoisotopic (exact) mass is 290 g/mol. The maximum absolute atomic E-state index is 10.4. The van der Waals surface area contributed by atoms with Crippen LogP contribution in [0.2, 0.25) is 0 Å². The van der Waals surface area contributed by atoms with Crippen LogP contribution in [0, 0.1) is 34.5 Å². The topological polar surface area (TPSA) is 20.2 Å². The number of hydrogen-bond donors (Lipinski definition) is 1. The lowest BCUT2D eigenvalue weighted by Crippen LogP contribution is -2.47. The molecule has 0 unspecified atom stereocenters. The predicted molar refractivity (Wildman–Crippen MR) is 89.0 cm³/mol. The first-order valence-electron chi connectivity index (χ1n) is 9.10. The third-order valence-corrected chi connectivity index (χ3v) is 7.35. The molecule has 2 saturated carbocycles. The van der Waals surface area contributed by atoms with E-state index in [9.17, 15) is 5.11 Å². The summed E-state index contributed by atoms with van der Waals surface area (Å²) in [6, 6.07) is 0. The van der Waals surface area contributed by atoms with Crippen molar-refractivity contribution in [1.29, 1.82) is 0 Å². The molecule has 6 atom stereocenters. The average Bonchev–Trinajstić information content (AvgIpc) is 2.66. The van der Waals surface area contributed by atoms with Crippen molar-refractivity contribution in [2.24, 2.45) is 34.5 Å². The van der Waals surface area contributed by atoms with Crippen molar-refractivity contribution in [3.63, 3.8) is 0 Å². The largest absolute Gasteiger partial charge is 0.393 e. The van der Waals surface area contributed by atoms with Gasteiger partial charge in [-0.1, -0.05) is 39.3 Å². The Labute approximate surface area is 131 Å². The van der Waals surface area contributed by atoms with Gasteiger partial charge < -0.3 is 5.11 Å². The van der Waals surface area contributed by atoms with E-state index in [0.29, 0.717) is 16.7 Å². The van der Waals surface area contributed by atoms with Crippen LogP contribution in [0.4, 0.5) is 0 Å². The molecule has 0 amide bonds. The second-order valence-corrected chi connectivity index (χ2v) is 9.38. The fraction of sp³-hybridized carbons (Fsp3) is 0.900. The van der Waals surface area contributed by atoms with Gasteiger partial charge in [0.05, 0.1) is 6.10 Å². The predicted octanol–water partition coefficient (Wildman–Crippen LogP) is 5.19. The zero-order valence-corrected chi connectivity index (χ0v) is 14.7. The third-order valence-electron chi connectivity index (χ3n) is 7.35. The minimum Gasteiger partial charge on any atom is -0.393 e. The SMILES string of the molecule is CC1=C[C@@H]2[C@H]3[C@H](C(C)C)CC[C@]3(C)CC[C@@]2(C)C[C@@H](O)C1. The Morgan fingerprint density at radius 1 is 1.14 bits per heavy atom. The summed E-state index contributed by atoms with van der Waals surface area (Å²) in [6.45, 7) is 12.1. The van der Waals surface area contributed by atoms with Crippen molar-refractivity contribution in [3.05, 3.63) is 11.6 Å². The van der Waals surface area contributed by atoms with Crippen molar-refractivity contribution < 1.29 is 5.11 Å². The second kappa shape index (κ2) is 5.11. The highest BCUT2D eigenvalue weighted by Gasteiger charge is 2.57. The van der Waals surface area contributed by atoms with Crippen LogP contribution in [-0.4, -0.2) is 11.2 Å². The smallest absolute Gasteiger partial charge is 0.0582 e. The highest BCUT2D eigenvalue weighted by atomic mass is 16.3. The van der Waals surface area contributed by atoms with E-state index >= 15 is 0 Å². The quantitative estimate of drug-likeness (QED) is 0.659. The van der Waals surface area contributed by atoms with Crippen LogP contribution in [-0.2, 0) is 0 Å². The molecule has 3 aliphatic carbocycles. The molecule has 3 aliphatic rings. The molecule has 0 aromatic carbocycles. The van der Waals surface area contributed by atoms with E-state index in [2.05, 4.69) is 40.7 Å². The van der Waals surface area contributed by atoms with Crippen LogP contribution >= 0.6 is 0 Å². The molecule has 0 aromatic rings. The van der Waals surface area contributed by atoms with E-state index in [1.54, 1.807) is 0 Å². The van der Waals surface area contributed by atoms with Gasteiger partial charge in [-0.05, 0) is 80.0 Å². The number of hydrogen-bond acceptors (Lipinski definition) is 1. The summed E-state index contributed by atoms with van der Waals surface area (Å²) in [4.78, 5) is 0. The van der Waals surface area contributed by atoms with Gasteiger partial charge >= 0.3 is 0 Å². The molecule has 0 bridgehead atoms. The van der Waals surface area contributed by atoms with E-state index in [0.717, 1.165) is 30.6 Å². The first kappa shape index (κ1) is 15.6. The summed E-state index contributed by atoms with van der Waals surface area (Å²) < 4.78 is 0. The zero-order chi connectivity index (χ0) is 15.4. The van der Waals surface area contributed by atoms with Gasteiger partial charge in [0.1, 0.15) is 0 Å². The molecule has 0 aliphatic heterocycles. The van der Waals surface area contributed by atoms with E-state index in [4.69, 9.17) is 0 Å². The number of aliphatic hydroxyl groups is 1. The number of allylic oxidation sites excluding steroid dienone is 1. The maximum atomic E-state index is 10.4. The Bertz CT molecular complexity index is 437. The molecule has 1 nitrogen and oxygen atoms in total. The van der Waals surface area contributed by atoms with Crippen molar-refractivity contribution in [3.8, 4) is 0 Å². The van der Waals surface area contributed by atoms with E-state index < -0.39 is 0 Å². The maximum Gasteiger partial charge on any atom is 0.0582 e. The summed E-state index contributed by atoms with van der Waals surface area (Å²) in [5.41, 5.74) is 2.29. The van der Waals surface area contributed by atoms with Crippen LogP contribution in [0.15, 0.2) is 11.6 Å². The van der Waals surface area contributed by atoms with Gasteiger partial charge in [-0.2, -0.15) is 0 Å². The Morgan fingerprint density at radius 2 is 1.81 bits per heavy atom. The molecule has 0 aromatic heterocycles. The van der Waals surface area contributed by atoms with Crippen molar-refractivity contribution >= 4 is 0 Å². The lowest BCUT2D eigenvalue weighted by atomic mass is 9.51. The van der Waals surface area contributed by atoms with Crippen LogP contribution in [0.25, 0.3) is 0 Å². The molecule has 120 valence electrons. The van der Waals surface area contributed by atoms with Crippen LogP contribution in [0.5, 0.6) is 0 Å².